The maximum absolute atomic E-state index is 12.7. The Balaban J connectivity index is 3.03. The molecule has 2 N–H and O–H groups in total. The van der Waals surface area contributed by atoms with E-state index in [1.54, 1.807) is 20.8 Å². The lowest BCUT2D eigenvalue weighted by atomic mass is 10.1. The monoisotopic (exact) mass is 321 g/mol. The van der Waals surface area contributed by atoms with Gasteiger partial charge >= 0.3 is 12.3 Å². The fraction of sp³-hybridized carbons (Fsp3) is 0.500. The number of carbonyl (C=O) groups excluding carboxylic acids is 1. The lowest BCUT2D eigenvalue weighted by Crippen LogP contribution is -2.27. The molecule has 0 aromatic heterocycles. The van der Waals surface area contributed by atoms with E-state index in [2.05, 4.69) is 5.32 Å². The van der Waals surface area contributed by atoms with Crippen molar-refractivity contribution in [1.82, 2.24) is 0 Å². The second kappa shape index (κ2) is 6.43. The molecule has 22 heavy (non-hydrogen) atoms. The molecule has 5 nitrogen and oxygen atoms in total. The van der Waals surface area contributed by atoms with Crippen LogP contribution in [-0.4, -0.2) is 30.1 Å². The third-order valence-corrected chi connectivity index (χ3v) is 2.48. The van der Waals surface area contributed by atoms with Gasteiger partial charge in [0.25, 0.3) is 0 Å². The van der Waals surface area contributed by atoms with Crippen molar-refractivity contribution in [3.8, 4) is 5.75 Å². The van der Waals surface area contributed by atoms with Gasteiger partial charge in [-0.05, 0) is 39.0 Å². The number of anilines is 1. The molecule has 0 aliphatic carbocycles. The van der Waals surface area contributed by atoms with Crippen molar-refractivity contribution in [2.24, 2.45) is 0 Å². The highest BCUT2D eigenvalue weighted by molar-refractivity contribution is 5.85. The summed E-state index contributed by atoms with van der Waals surface area (Å²) in [6.45, 7) is 4.96. The number of nitrogens with one attached hydrogen (secondary N) is 1. The number of rotatable bonds is 3. The average molecular weight is 321 g/mol. The fourth-order valence-corrected chi connectivity index (χ4v) is 1.62. The third kappa shape index (κ3) is 5.10. The minimum Gasteiger partial charge on any atom is -0.496 e. The number of aliphatic hydroxyl groups is 1. The number of amides is 1. The molecule has 0 spiro atoms. The molecule has 1 rings (SSSR count). The standard InChI is InChI=1S/C14H18F3NO4/c1-13(2,3)22-12(20)18-8-5-6-10(21-4)9(7-8)11(19)14(15,16)17/h5-7,11,19H,1-4H3,(H,18,20)/t11-/m1/s1. The van der Waals surface area contributed by atoms with Gasteiger partial charge in [0, 0.05) is 11.3 Å². The summed E-state index contributed by atoms with van der Waals surface area (Å²) in [6.07, 6.45) is -8.38. The Kier molecular flexibility index (Phi) is 5.29. The van der Waals surface area contributed by atoms with E-state index in [9.17, 15) is 23.1 Å². The number of halogens is 3. The Labute approximate surface area is 126 Å². The van der Waals surface area contributed by atoms with Crippen molar-refractivity contribution < 1.29 is 32.5 Å². The molecule has 1 amide bonds. The minimum atomic E-state index is -4.85. The fourth-order valence-electron chi connectivity index (χ4n) is 1.62. The zero-order valence-electron chi connectivity index (χ0n) is 12.6. The molecule has 0 aliphatic rings. The predicted octanol–water partition coefficient (Wildman–Crippen LogP) is 3.64. The molecule has 1 aromatic rings. The molecule has 0 aliphatic heterocycles. The average Bonchev–Trinajstić information content (AvgIpc) is 2.34. The van der Waals surface area contributed by atoms with E-state index in [0.717, 1.165) is 6.07 Å². The number of aliphatic hydroxyl groups excluding tert-OH is 1. The van der Waals surface area contributed by atoms with Crippen molar-refractivity contribution in [2.45, 2.75) is 38.7 Å². The summed E-state index contributed by atoms with van der Waals surface area (Å²) in [4.78, 5) is 11.6. The molecule has 1 atom stereocenters. The van der Waals surface area contributed by atoms with Crippen molar-refractivity contribution >= 4 is 11.8 Å². The maximum atomic E-state index is 12.7. The van der Waals surface area contributed by atoms with Crippen LogP contribution in [-0.2, 0) is 4.74 Å². The molecular formula is C14H18F3NO4. The van der Waals surface area contributed by atoms with Crippen LogP contribution in [0.25, 0.3) is 0 Å². The molecule has 1 aromatic carbocycles. The molecule has 0 bridgehead atoms. The van der Waals surface area contributed by atoms with E-state index in [1.165, 1.54) is 19.2 Å². The lowest BCUT2D eigenvalue weighted by molar-refractivity contribution is -0.207. The highest BCUT2D eigenvalue weighted by Crippen LogP contribution is 2.38. The maximum Gasteiger partial charge on any atom is 0.418 e. The molecule has 0 radical (unpaired) electrons. The second-order valence-electron chi connectivity index (χ2n) is 5.53. The van der Waals surface area contributed by atoms with E-state index in [0.29, 0.717) is 0 Å². The zero-order valence-corrected chi connectivity index (χ0v) is 12.6. The van der Waals surface area contributed by atoms with Gasteiger partial charge in [0.2, 0.25) is 0 Å². The summed E-state index contributed by atoms with van der Waals surface area (Å²) in [5.74, 6) is -0.139. The van der Waals surface area contributed by atoms with Crippen molar-refractivity contribution in [1.29, 1.82) is 0 Å². The third-order valence-electron chi connectivity index (χ3n) is 2.48. The van der Waals surface area contributed by atoms with Gasteiger partial charge in [-0.2, -0.15) is 13.2 Å². The first-order valence-corrected chi connectivity index (χ1v) is 6.37. The molecule has 8 heteroatoms. The van der Waals surface area contributed by atoms with Gasteiger partial charge in [-0.15, -0.1) is 0 Å². The largest absolute Gasteiger partial charge is 0.496 e. The lowest BCUT2D eigenvalue weighted by Gasteiger charge is -2.21. The number of hydrogen-bond acceptors (Lipinski definition) is 4. The van der Waals surface area contributed by atoms with Crippen molar-refractivity contribution in [3.63, 3.8) is 0 Å². The van der Waals surface area contributed by atoms with Gasteiger partial charge in [-0.3, -0.25) is 5.32 Å². The first-order chi connectivity index (χ1) is 9.94. The molecule has 0 heterocycles. The first-order valence-electron chi connectivity index (χ1n) is 6.37. The molecule has 0 fully saturated rings. The Hall–Kier alpha value is -1.96. The van der Waals surface area contributed by atoms with Crippen LogP contribution in [0, 0.1) is 0 Å². The molecule has 124 valence electrons. The summed E-state index contributed by atoms with van der Waals surface area (Å²) >= 11 is 0. The van der Waals surface area contributed by atoms with Crippen LogP contribution >= 0.6 is 0 Å². The topological polar surface area (TPSA) is 67.8 Å². The molecular weight excluding hydrogens is 303 g/mol. The normalized spacial score (nSPS) is 13.5. The molecule has 0 saturated heterocycles. The highest BCUT2D eigenvalue weighted by atomic mass is 19.4. The SMILES string of the molecule is COc1ccc(NC(=O)OC(C)(C)C)cc1[C@@H](O)C(F)(F)F. The van der Waals surface area contributed by atoms with Crippen molar-refractivity contribution in [3.05, 3.63) is 23.8 Å². The zero-order chi connectivity index (χ0) is 17.1. The Morgan fingerprint density at radius 3 is 2.32 bits per heavy atom. The van der Waals surface area contributed by atoms with Crippen LogP contribution in [0.3, 0.4) is 0 Å². The summed E-state index contributed by atoms with van der Waals surface area (Å²) in [5, 5.41) is 11.7. The number of ether oxygens (including phenoxy) is 2. The van der Waals surface area contributed by atoms with Crippen LogP contribution < -0.4 is 10.1 Å². The number of alkyl halides is 3. The van der Waals surface area contributed by atoms with E-state index in [1.807, 2.05) is 0 Å². The summed E-state index contributed by atoms with van der Waals surface area (Å²) in [7, 11) is 1.18. The van der Waals surface area contributed by atoms with Crippen LogP contribution in [0.15, 0.2) is 18.2 Å². The second-order valence-corrected chi connectivity index (χ2v) is 5.53. The van der Waals surface area contributed by atoms with E-state index < -0.39 is 29.5 Å². The summed E-state index contributed by atoms with van der Waals surface area (Å²) < 4.78 is 47.7. The van der Waals surface area contributed by atoms with Gasteiger partial charge in [0.15, 0.2) is 6.10 Å². The number of methoxy groups -OCH3 is 1. The summed E-state index contributed by atoms with van der Waals surface area (Å²) in [5.41, 5.74) is -1.19. The summed E-state index contributed by atoms with van der Waals surface area (Å²) in [6, 6.07) is 3.55. The Morgan fingerprint density at radius 1 is 1.27 bits per heavy atom. The van der Waals surface area contributed by atoms with E-state index in [4.69, 9.17) is 9.47 Å². The smallest absolute Gasteiger partial charge is 0.418 e. The van der Waals surface area contributed by atoms with Crippen LogP contribution in [0.1, 0.15) is 32.4 Å². The van der Waals surface area contributed by atoms with Gasteiger partial charge in [-0.1, -0.05) is 0 Å². The Morgan fingerprint density at radius 2 is 1.86 bits per heavy atom. The van der Waals surface area contributed by atoms with Gasteiger partial charge < -0.3 is 14.6 Å². The van der Waals surface area contributed by atoms with E-state index in [-0.39, 0.29) is 11.4 Å². The highest BCUT2D eigenvalue weighted by Gasteiger charge is 2.41. The Bertz CT molecular complexity index is 538. The quantitative estimate of drug-likeness (QED) is 0.892. The van der Waals surface area contributed by atoms with Gasteiger partial charge in [-0.25, -0.2) is 4.79 Å². The van der Waals surface area contributed by atoms with Crippen LogP contribution in [0.2, 0.25) is 0 Å². The minimum absolute atomic E-state index is 0.0494. The van der Waals surface area contributed by atoms with E-state index >= 15 is 0 Å². The van der Waals surface area contributed by atoms with Crippen LogP contribution in [0.4, 0.5) is 23.7 Å². The van der Waals surface area contributed by atoms with Gasteiger partial charge in [0.05, 0.1) is 7.11 Å². The van der Waals surface area contributed by atoms with Crippen LogP contribution in [0.5, 0.6) is 5.75 Å². The predicted molar refractivity (Wildman–Crippen MR) is 73.9 cm³/mol. The molecule has 0 unspecified atom stereocenters. The first kappa shape index (κ1) is 18.1. The molecule has 0 saturated carbocycles. The number of hydrogen-bond donors (Lipinski definition) is 2. The number of carbonyl (C=O) groups is 1. The number of benzene rings is 1. The van der Waals surface area contributed by atoms with Crippen molar-refractivity contribution in [2.75, 3.05) is 12.4 Å². The van der Waals surface area contributed by atoms with Gasteiger partial charge in [0.1, 0.15) is 11.4 Å².